The Hall–Kier alpha value is -4.29. The van der Waals surface area contributed by atoms with Crippen molar-refractivity contribution < 1.29 is 14.4 Å². The Kier molecular flexibility index (Phi) is 5.03. The number of anilines is 2. The highest BCUT2D eigenvalue weighted by Crippen LogP contribution is 2.56. The number of hydrogen-bond acceptors (Lipinski definition) is 4. The maximum absolute atomic E-state index is 14.5. The van der Waals surface area contributed by atoms with Crippen LogP contribution in [0.5, 0.6) is 0 Å². The Bertz CT molecular complexity index is 1610. The Morgan fingerprint density at radius 3 is 2.26 bits per heavy atom. The lowest BCUT2D eigenvalue weighted by Gasteiger charge is -2.30. The van der Waals surface area contributed by atoms with E-state index in [1.165, 1.54) is 4.90 Å². The monoisotopic (exact) mass is 501 g/mol. The summed E-state index contributed by atoms with van der Waals surface area (Å²) in [5.74, 6) is -2.17. The summed E-state index contributed by atoms with van der Waals surface area (Å²) in [4.78, 5) is 46.1. The number of fused-ring (bicyclic) bond motifs is 5. The van der Waals surface area contributed by atoms with Gasteiger partial charge in [-0.15, -0.1) is 0 Å². The molecule has 1 N–H and O–H groups in total. The minimum Gasteiger partial charge on any atom is -0.306 e. The van der Waals surface area contributed by atoms with E-state index >= 15 is 0 Å². The molecule has 6 nitrogen and oxygen atoms in total. The van der Waals surface area contributed by atoms with E-state index in [0.717, 1.165) is 27.6 Å². The van der Waals surface area contributed by atoms with Crippen molar-refractivity contribution in [2.75, 3.05) is 9.80 Å². The third-order valence-corrected chi connectivity index (χ3v) is 8.50. The number of benzene rings is 4. The standard InChI is InChI=1S/C32H27N3O3/c1-2-24-27-28(30(37)35(29(27)36)25-18-10-14-21-13-6-7-15-22(21)25)32(33-24)23-16-8-9-17-26(23)34(31(32)38)19-20-11-4-3-5-12-20/h3-18,24,27-28,33H,2,19H2,1H3/t24-,27-,28-,32-/m0/s1. The lowest BCUT2D eigenvalue weighted by molar-refractivity contribution is -0.132. The highest BCUT2D eigenvalue weighted by molar-refractivity contribution is 6.28. The Labute approximate surface area is 220 Å². The van der Waals surface area contributed by atoms with Crippen LogP contribution in [0.25, 0.3) is 10.8 Å². The molecule has 2 fully saturated rings. The Balaban J connectivity index is 1.38. The van der Waals surface area contributed by atoms with E-state index in [0.29, 0.717) is 18.7 Å². The number of hydrogen-bond donors (Lipinski definition) is 1. The number of nitrogens with zero attached hydrogens (tertiary/aromatic N) is 2. The maximum Gasteiger partial charge on any atom is 0.253 e. The molecule has 0 saturated carbocycles. The fourth-order valence-corrected chi connectivity index (χ4v) is 6.86. The van der Waals surface area contributed by atoms with Crippen molar-refractivity contribution in [2.24, 2.45) is 11.8 Å². The van der Waals surface area contributed by atoms with Crippen molar-refractivity contribution in [3.63, 3.8) is 0 Å². The molecule has 0 bridgehead atoms. The molecule has 188 valence electrons. The van der Waals surface area contributed by atoms with Crippen LogP contribution in [-0.2, 0) is 26.5 Å². The Morgan fingerprint density at radius 1 is 0.763 bits per heavy atom. The predicted molar refractivity (Wildman–Crippen MR) is 146 cm³/mol. The summed E-state index contributed by atoms with van der Waals surface area (Å²) in [6, 6.07) is 30.6. The summed E-state index contributed by atoms with van der Waals surface area (Å²) in [5, 5.41) is 5.35. The smallest absolute Gasteiger partial charge is 0.253 e. The van der Waals surface area contributed by atoms with Crippen LogP contribution >= 0.6 is 0 Å². The maximum atomic E-state index is 14.5. The molecule has 3 aliphatic rings. The summed E-state index contributed by atoms with van der Waals surface area (Å²) in [6.45, 7) is 2.39. The lowest BCUT2D eigenvalue weighted by atomic mass is 9.76. The first-order chi connectivity index (χ1) is 18.6. The van der Waals surface area contributed by atoms with Gasteiger partial charge in [0.05, 0.1) is 24.1 Å². The zero-order valence-corrected chi connectivity index (χ0v) is 21.0. The molecule has 3 aliphatic heterocycles. The molecule has 1 spiro atoms. The van der Waals surface area contributed by atoms with Gasteiger partial charge in [-0.05, 0) is 29.5 Å². The van der Waals surface area contributed by atoms with Gasteiger partial charge < -0.3 is 4.90 Å². The SMILES string of the molecule is CC[C@@H]1N[C@]2(C(=O)N(Cc3ccccc3)c3ccccc32)[C@@H]2C(=O)N(c3cccc4ccccc34)C(=O)[C@@H]12. The van der Waals surface area contributed by atoms with Crippen molar-refractivity contribution >= 4 is 39.9 Å². The van der Waals surface area contributed by atoms with Gasteiger partial charge in [-0.1, -0.05) is 91.9 Å². The van der Waals surface area contributed by atoms with E-state index in [1.807, 2.05) is 104 Å². The number of amides is 3. The summed E-state index contributed by atoms with van der Waals surface area (Å²) >= 11 is 0. The number of rotatable bonds is 4. The van der Waals surface area contributed by atoms with Crippen LogP contribution in [0.2, 0.25) is 0 Å². The number of para-hydroxylation sites is 1. The van der Waals surface area contributed by atoms with Crippen molar-refractivity contribution in [3.8, 4) is 0 Å². The summed E-state index contributed by atoms with van der Waals surface area (Å²) in [5.41, 5.74) is 1.85. The molecule has 38 heavy (non-hydrogen) atoms. The van der Waals surface area contributed by atoms with Crippen LogP contribution in [0.3, 0.4) is 0 Å². The van der Waals surface area contributed by atoms with Gasteiger partial charge in [-0.2, -0.15) is 0 Å². The van der Waals surface area contributed by atoms with Crippen LogP contribution in [-0.4, -0.2) is 23.8 Å². The molecular weight excluding hydrogens is 474 g/mol. The van der Waals surface area contributed by atoms with Gasteiger partial charge in [0.15, 0.2) is 0 Å². The zero-order chi connectivity index (χ0) is 26.0. The lowest BCUT2D eigenvalue weighted by Crippen LogP contribution is -2.55. The topological polar surface area (TPSA) is 69.7 Å². The second kappa shape index (κ2) is 8.36. The van der Waals surface area contributed by atoms with Crippen LogP contribution in [0.1, 0.15) is 24.5 Å². The van der Waals surface area contributed by atoms with E-state index in [4.69, 9.17) is 0 Å². The van der Waals surface area contributed by atoms with Gasteiger partial charge in [-0.3, -0.25) is 19.7 Å². The summed E-state index contributed by atoms with van der Waals surface area (Å²) in [7, 11) is 0. The first kappa shape index (κ1) is 22.9. The second-order valence-corrected chi connectivity index (χ2v) is 10.4. The van der Waals surface area contributed by atoms with Gasteiger partial charge in [0.1, 0.15) is 5.54 Å². The Morgan fingerprint density at radius 2 is 1.45 bits per heavy atom. The number of nitrogens with one attached hydrogen (secondary N) is 1. The molecule has 4 atom stereocenters. The zero-order valence-electron chi connectivity index (χ0n) is 21.0. The molecule has 0 radical (unpaired) electrons. The molecular formula is C32H27N3O3. The van der Waals surface area contributed by atoms with Crippen LogP contribution in [0.4, 0.5) is 11.4 Å². The molecule has 6 heteroatoms. The van der Waals surface area contributed by atoms with Crippen LogP contribution in [0.15, 0.2) is 97.1 Å². The number of carbonyl (C=O) groups is 3. The number of carbonyl (C=O) groups excluding carboxylic acids is 3. The van der Waals surface area contributed by atoms with Gasteiger partial charge in [0.25, 0.3) is 5.91 Å². The fraction of sp³-hybridized carbons (Fsp3) is 0.219. The van der Waals surface area contributed by atoms with Crippen LogP contribution < -0.4 is 15.1 Å². The van der Waals surface area contributed by atoms with Crippen molar-refractivity contribution in [2.45, 2.75) is 31.5 Å². The molecule has 4 aromatic rings. The van der Waals surface area contributed by atoms with Gasteiger partial charge in [0.2, 0.25) is 11.8 Å². The average Bonchev–Trinajstić information content (AvgIpc) is 3.52. The van der Waals surface area contributed by atoms with Crippen LogP contribution in [0, 0.1) is 11.8 Å². The van der Waals surface area contributed by atoms with E-state index in [-0.39, 0.29) is 23.8 Å². The molecule has 4 aromatic carbocycles. The van der Waals surface area contributed by atoms with Crippen molar-refractivity contribution in [1.29, 1.82) is 0 Å². The summed E-state index contributed by atoms with van der Waals surface area (Å²) in [6.07, 6.45) is 0.624. The minimum absolute atomic E-state index is 0.172. The molecule has 0 aliphatic carbocycles. The third-order valence-electron chi connectivity index (χ3n) is 8.50. The molecule has 0 aromatic heterocycles. The van der Waals surface area contributed by atoms with Gasteiger partial charge in [0, 0.05) is 22.7 Å². The predicted octanol–water partition coefficient (Wildman–Crippen LogP) is 4.77. The normalized spacial score (nSPS) is 26.0. The van der Waals surface area contributed by atoms with E-state index in [2.05, 4.69) is 5.32 Å². The minimum atomic E-state index is -1.29. The van der Waals surface area contributed by atoms with Crippen molar-refractivity contribution in [3.05, 3.63) is 108 Å². The number of imide groups is 1. The molecule has 3 heterocycles. The highest BCUT2D eigenvalue weighted by Gasteiger charge is 2.71. The fourth-order valence-electron chi connectivity index (χ4n) is 6.86. The second-order valence-electron chi connectivity index (χ2n) is 10.4. The first-order valence-electron chi connectivity index (χ1n) is 13.1. The van der Waals surface area contributed by atoms with E-state index < -0.39 is 17.4 Å². The van der Waals surface area contributed by atoms with E-state index in [9.17, 15) is 14.4 Å². The van der Waals surface area contributed by atoms with Gasteiger partial charge >= 0.3 is 0 Å². The summed E-state index contributed by atoms with van der Waals surface area (Å²) < 4.78 is 0. The quantitative estimate of drug-likeness (QED) is 0.409. The first-order valence-corrected chi connectivity index (χ1v) is 13.1. The third kappa shape index (κ3) is 2.95. The molecule has 3 amide bonds. The molecule has 7 rings (SSSR count). The van der Waals surface area contributed by atoms with Crippen molar-refractivity contribution in [1.82, 2.24) is 5.32 Å². The molecule has 2 saturated heterocycles. The van der Waals surface area contributed by atoms with E-state index in [1.54, 1.807) is 4.90 Å². The van der Waals surface area contributed by atoms with Gasteiger partial charge in [-0.25, -0.2) is 4.90 Å². The average molecular weight is 502 g/mol. The molecule has 0 unspecified atom stereocenters. The largest absolute Gasteiger partial charge is 0.306 e. The highest BCUT2D eigenvalue weighted by atomic mass is 16.2.